The number of amides is 1. The minimum atomic E-state index is -5.08. The summed E-state index contributed by atoms with van der Waals surface area (Å²) in [5.74, 6) is -4.09. The summed E-state index contributed by atoms with van der Waals surface area (Å²) < 4.78 is 33.4. The highest BCUT2D eigenvalue weighted by atomic mass is 19.4. The third kappa shape index (κ3) is 4.18. The zero-order valence-electron chi connectivity index (χ0n) is 14.1. The number of aryl methyl sites for hydroxylation is 1. The summed E-state index contributed by atoms with van der Waals surface area (Å²) in [6.07, 6.45) is -1.55. The fraction of sp³-hybridized carbons (Fsp3) is 0.375. The summed E-state index contributed by atoms with van der Waals surface area (Å²) in [6, 6.07) is 5.44. The zero-order valence-corrected chi connectivity index (χ0v) is 14.1. The summed E-state index contributed by atoms with van der Waals surface area (Å²) in [7, 11) is 0. The third-order valence-electron chi connectivity index (χ3n) is 4.15. The van der Waals surface area contributed by atoms with Crippen LogP contribution in [0.15, 0.2) is 24.4 Å². The van der Waals surface area contributed by atoms with E-state index in [9.17, 15) is 27.9 Å². The van der Waals surface area contributed by atoms with Crippen LogP contribution in [-0.2, 0) is 9.59 Å². The number of fused-ring (bicyclic) bond motifs is 1. The number of carbonyl (C=O) groups is 3. The average Bonchev–Trinajstić information content (AvgIpc) is 2.85. The van der Waals surface area contributed by atoms with Gasteiger partial charge in [0.05, 0.1) is 16.8 Å². The van der Waals surface area contributed by atoms with Gasteiger partial charge in [-0.2, -0.15) is 18.3 Å². The summed E-state index contributed by atoms with van der Waals surface area (Å²) in [6.45, 7) is 1.75. The SMILES string of the molecule is Cc1nn2ccccc2c1C(=O)NC1(C(=O)O)CCC1.O=C(O)C(F)(F)F. The molecule has 3 N–H and O–H groups in total. The molecule has 2 heterocycles. The molecule has 1 saturated carbocycles. The fourth-order valence-electron chi connectivity index (χ4n) is 2.60. The minimum Gasteiger partial charge on any atom is -0.480 e. The lowest BCUT2D eigenvalue weighted by molar-refractivity contribution is -0.192. The van der Waals surface area contributed by atoms with Gasteiger partial charge in [-0.3, -0.25) is 4.79 Å². The van der Waals surface area contributed by atoms with Crippen LogP contribution in [0.4, 0.5) is 13.2 Å². The molecule has 1 amide bonds. The summed E-state index contributed by atoms with van der Waals surface area (Å²) in [5.41, 5.74) is 0.612. The minimum absolute atomic E-state index is 0.370. The lowest BCUT2D eigenvalue weighted by Gasteiger charge is -2.38. The van der Waals surface area contributed by atoms with Gasteiger partial charge >= 0.3 is 18.1 Å². The van der Waals surface area contributed by atoms with Crippen molar-refractivity contribution < 1.29 is 37.8 Å². The molecule has 11 heteroatoms. The number of hydrogen-bond acceptors (Lipinski definition) is 4. The standard InChI is InChI=1S/C14H15N3O3.C2HF3O2/c1-9-11(10-5-2-3-8-17(10)16-9)12(18)15-14(13(19)20)6-4-7-14;3-2(4,5)1(6)7/h2-3,5,8H,4,6-7H2,1H3,(H,15,18)(H,19,20);(H,6,7). The number of carbonyl (C=O) groups excluding carboxylic acids is 1. The summed E-state index contributed by atoms with van der Waals surface area (Å²) >= 11 is 0. The molecule has 2 aromatic rings. The predicted molar refractivity (Wildman–Crippen MR) is 85.3 cm³/mol. The second kappa shape index (κ2) is 7.25. The third-order valence-corrected chi connectivity index (χ3v) is 4.15. The molecule has 27 heavy (non-hydrogen) atoms. The number of aliphatic carboxylic acids is 2. The number of halogens is 3. The molecular weight excluding hydrogens is 371 g/mol. The molecule has 0 bridgehead atoms. The van der Waals surface area contributed by atoms with E-state index in [1.165, 1.54) is 0 Å². The van der Waals surface area contributed by atoms with E-state index < -0.39 is 23.7 Å². The van der Waals surface area contributed by atoms with Crippen LogP contribution in [0.1, 0.15) is 35.3 Å². The molecule has 0 aromatic carbocycles. The Bertz CT molecular complexity index is 887. The summed E-state index contributed by atoms with van der Waals surface area (Å²) in [5, 5.41) is 23.3. The maximum atomic E-state index is 12.4. The van der Waals surface area contributed by atoms with Gasteiger partial charge in [-0.15, -0.1) is 0 Å². The lowest BCUT2D eigenvalue weighted by atomic mass is 9.76. The van der Waals surface area contributed by atoms with Gasteiger partial charge in [0.1, 0.15) is 5.54 Å². The maximum absolute atomic E-state index is 12.4. The van der Waals surface area contributed by atoms with Crippen LogP contribution >= 0.6 is 0 Å². The molecule has 0 atom stereocenters. The Morgan fingerprint density at radius 2 is 1.81 bits per heavy atom. The largest absolute Gasteiger partial charge is 0.490 e. The molecule has 0 aliphatic heterocycles. The Labute approximate surface area is 150 Å². The van der Waals surface area contributed by atoms with Crippen molar-refractivity contribution >= 4 is 23.4 Å². The van der Waals surface area contributed by atoms with Crippen LogP contribution in [0.5, 0.6) is 0 Å². The van der Waals surface area contributed by atoms with E-state index in [4.69, 9.17) is 9.90 Å². The van der Waals surface area contributed by atoms with E-state index >= 15 is 0 Å². The van der Waals surface area contributed by atoms with E-state index in [0.29, 0.717) is 29.6 Å². The molecule has 3 rings (SSSR count). The number of pyridine rings is 1. The Hall–Kier alpha value is -3.11. The van der Waals surface area contributed by atoms with Crippen molar-refractivity contribution in [3.05, 3.63) is 35.7 Å². The number of hydrogen-bond donors (Lipinski definition) is 3. The lowest BCUT2D eigenvalue weighted by Crippen LogP contribution is -2.59. The van der Waals surface area contributed by atoms with Crippen molar-refractivity contribution in [1.29, 1.82) is 0 Å². The average molecular weight is 387 g/mol. The molecule has 1 fully saturated rings. The zero-order chi connectivity index (χ0) is 20.4. The summed E-state index contributed by atoms with van der Waals surface area (Å²) in [4.78, 5) is 32.6. The maximum Gasteiger partial charge on any atom is 0.490 e. The molecule has 146 valence electrons. The van der Waals surface area contributed by atoms with E-state index in [1.54, 1.807) is 23.7 Å². The Kier molecular flexibility index (Phi) is 5.43. The number of carboxylic acids is 2. The first-order valence-electron chi connectivity index (χ1n) is 7.78. The Morgan fingerprint density at radius 3 is 2.26 bits per heavy atom. The van der Waals surface area contributed by atoms with E-state index in [-0.39, 0.29) is 5.91 Å². The second-order valence-corrected chi connectivity index (χ2v) is 5.99. The first-order chi connectivity index (χ1) is 12.5. The highest BCUT2D eigenvalue weighted by Gasteiger charge is 2.46. The van der Waals surface area contributed by atoms with Gasteiger partial charge < -0.3 is 15.5 Å². The second-order valence-electron chi connectivity index (χ2n) is 5.99. The van der Waals surface area contributed by atoms with Crippen LogP contribution in [0.25, 0.3) is 5.52 Å². The van der Waals surface area contributed by atoms with Gasteiger partial charge in [0.15, 0.2) is 0 Å². The van der Waals surface area contributed by atoms with E-state index in [2.05, 4.69) is 10.4 Å². The van der Waals surface area contributed by atoms with Gasteiger partial charge in [0.25, 0.3) is 5.91 Å². The van der Waals surface area contributed by atoms with E-state index in [0.717, 1.165) is 6.42 Å². The molecule has 0 saturated heterocycles. The topological polar surface area (TPSA) is 121 Å². The number of nitrogens with zero attached hydrogens (tertiary/aromatic N) is 2. The van der Waals surface area contributed by atoms with Crippen molar-refractivity contribution in [3.63, 3.8) is 0 Å². The van der Waals surface area contributed by atoms with Crippen LogP contribution in [0, 0.1) is 6.92 Å². The number of rotatable bonds is 3. The number of carboxylic acid groups (broad SMARTS) is 2. The van der Waals surface area contributed by atoms with Crippen LogP contribution in [0.3, 0.4) is 0 Å². The molecule has 0 spiro atoms. The quantitative estimate of drug-likeness (QED) is 0.741. The number of nitrogens with one attached hydrogen (secondary N) is 1. The predicted octanol–water partition coefficient (Wildman–Crippen LogP) is 2.01. The smallest absolute Gasteiger partial charge is 0.480 e. The molecule has 0 radical (unpaired) electrons. The van der Waals surface area contributed by atoms with Crippen LogP contribution in [0.2, 0.25) is 0 Å². The highest BCUT2D eigenvalue weighted by molar-refractivity contribution is 6.04. The molecule has 2 aromatic heterocycles. The molecular formula is C16H16F3N3O5. The first kappa shape index (κ1) is 20.2. The van der Waals surface area contributed by atoms with Crippen molar-refractivity contribution in [3.8, 4) is 0 Å². The molecule has 0 unspecified atom stereocenters. The molecule has 8 nitrogen and oxygen atoms in total. The van der Waals surface area contributed by atoms with Crippen LogP contribution < -0.4 is 5.32 Å². The normalized spacial score (nSPS) is 15.3. The van der Waals surface area contributed by atoms with Gasteiger partial charge in [0, 0.05) is 6.20 Å². The van der Waals surface area contributed by atoms with Crippen molar-refractivity contribution in [2.75, 3.05) is 0 Å². The highest BCUT2D eigenvalue weighted by Crippen LogP contribution is 2.32. The van der Waals surface area contributed by atoms with Gasteiger partial charge in [-0.05, 0) is 38.3 Å². The number of aromatic nitrogens is 2. The van der Waals surface area contributed by atoms with Gasteiger partial charge in [-0.1, -0.05) is 6.07 Å². The first-order valence-corrected chi connectivity index (χ1v) is 7.78. The van der Waals surface area contributed by atoms with Gasteiger partial charge in [-0.25, -0.2) is 14.1 Å². The Balaban J connectivity index is 0.000000321. The monoisotopic (exact) mass is 387 g/mol. The van der Waals surface area contributed by atoms with Crippen molar-refractivity contribution in [1.82, 2.24) is 14.9 Å². The van der Waals surface area contributed by atoms with Crippen LogP contribution in [-0.4, -0.2) is 49.4 Å². The van der Waals surface area contributed by atoms with Crippen molar-refractivity contribution in [2.45, 2.75) is 37.9 Å². The number of alkyl halides is 3. The van der Waals surface area contributed by atoms with E-state index in [1.807, 2.05) is 12.1 Å². The molecule has 1 aliphatic carbocycles. The molecule has 1 aliphatic rings. The fourth-order valence-corrected chi connectivity index (χ4v) is 2.60. The Morgan fingerprint density at radius 1 is 1.22 bits per heavy atom. The van der Waals surface area contributed by atoms with Gasteiger partial charge in [0.2, 0.25) is 0 Å². The van der Waals surface area contributed by atoms with Crippen molar-refractivity contribution in [2.24, 2.45) is 0 Å².